The zero-order chi connectivity index (χ0) is 18.9. The van der Waals surface area contributed by atoms with Crippen molar-refractivity contribution in [3.8, 4) is 0 Å². The first kappa shape index (κ1) is 18.1. The van der Waals surface area contributed by atoms with Crippen LogP contribution in [0.2, 0.25) is 0 Å². The Morgan fingerprint density at radius 3 is 2.42 bits per heavy atom. The molecule has 0 atom stereocenters. The van der Waals surface area contributed by atoms with Crippen molar-refractivity contribution >= 4 is 17.5 Å². The molecule has 1 aliphatic rings. The zero-order valence-corrected chi connectivity index (χ0v) is 14.8. The lowest BCUT2D eigenvalue weighted by Crippen LogP contribution is -2.47. The summed E-state index contributed by atoms with van der Waals surface area (Å²) in [4.78, 5) is 23.5. The Morgan fingerprint density at radius 1 is 1.19 bits per heavy atom. The van der Waals surface area contributed by atoms with Gasteiger partial charge in [0.15, 0.2) is 0 Å². The second-order valence-electron chi connectivity index (χ2n) is 6.81. The monoisotopic (exact) mass is 359 g/mol. The number of primary amides is 1. The molecule has 1 amide bonds. The summed E-state index contributed by atoms with van der Waals surface area (Å²) >= 11 is 0. The van der Waals surface area contributed by atoms with E-state index in [9.17, 15) is 14.3 Å². The number of hydrogen-bond acceptors (Lipinski definition) is 6. The van der Waals surface area contributed by atoms with E-state index in [0.29, 0.717) is 43.4 Å². The Kier molecular flexibility index (Phi) is 4.78. The largest absolute Gasteiger partial charge is 0.386 e. The zero-order valence-electron chi connectivity index (χ0n) is 14.8. The Morgan fingerprint density at radius 2 is 1.85 bits per heavy atom. The minimum absolute atomic E-state index is 0.172. The quantitative estimate of drug-likeness (QED) is 0.854. The molecule has 0 radical (unpaired) electrons. The van der Waals surface area contributed by atoms with Gasteiger partial charge in [-0.05, 0) is 37.6 Å². The fraction of sp³-hybridized carbons (Fsp3) is 0.389. The van der Waals surface area contributed by atoms with Gasteiger partial charge >= 0.3 is 0 Å². The lowest BCUT2D eigenvalue weighted by Gasteiger charge is -2.36. The summed E-state index contributed by atoms with van der Waals surface area (Å²) in [6.07, 6.45) is 1.50. The molecule has 0 aliphatic carbocycles. The number of anilines is 2. The van der Waals surface area contributed by atoms with Gasteiger partial charge in [0.1, 0.15) is 11.5 Å². The maximum Gasteiger partial charge on any atom is 0.267 e. The first-order valence-electron chi connectivity index (χ1n) is 8.41. The minimum atomic E-state index is -1.08. The van der Waals surface area contributed by atoms with Crippen molar-refractivity contribution in [3.63, 3.8) is 0 Å². The molecular formula is C18H22FN5O2. The lowest BCUT2D eigenvalue weighted by atomic mass is 9.98. The summed E-state index contributed by atoms with van der Waals surface area (Å²) in [6.45, 7) is 5.61. The van der Waals surface area contributed by atoms with Gasteiger partial charge in [-0.3, -0.25) is 4.79 Å². The van der Waals surface area contributed by atoms with Crippen molar-refractivity contribution in [3.05, 3.63) is 47.5 Å². The van der Waals surface area contributed by atoms with Gasteiger partial charge in [0.25, 0.3) is 5.91 Å². The summed E-state index contributed by atoms with van der Waals surface area (Å²) in [7, 11) is 0. The summed E-state index contributed by atoms with van der Waals surface area (Å²) in [5, 5.41) is 10.0. The molecule has 0 spiro atoms. The van der Waals surface area contributed by atoms with Crippen LogP contribution in [-0.2, 0) is 5.60 Å². The average Bonchev–Trinajstić information content (AvgIpc) is 2.61. The van der Waals surface area contributed by atoms with Crippen LogP contribution in [0.1, 0.15) is 29.9 Å². The van der Waals surface area contributed by atoms with Crippen LogP contribution in [0.5, 0.6) is 0 Å². The van der Waals surface area contributed by atoms with Crippen molar-refractivity contribution in [2.45, 2.75) is 19.4 Å². The number of nitrogens with two attached hydrogens (primary N) is 1. The van der Waals surface area contributed by atoms with Gasteiger partial charge in [-0.15, -0.1) is 0 Å². The van der Waals surface area contributed by atoms with Crippen LogP contribution in [0, 0.1) is 5.82 Å². The first-order chi connectivity index (χ1) is 12.3. The molecule has 1 fully saturated rings. The molecule has 0 unspecified atom stereocenters. The van der Waals surface area contributed by atoms with Crippen molar-refractivity contribution in [1.82, 2.24) is 9.97 Å². The second-order valence-corrected chi connectivity index (χ2v) is 6.81. The summed E-state index contributed by atoms with van der Waals surface area (Å²) in [5.41, 5.74) is 5.38. The van der Waals surface area contributed by atoms with Crippen molar-refractivity contribution in [1.29, 1.82) is 0 Å². The molecule has 1 aromatic heterocycles. The SMILES string of the molecule is CC(C)(O)c1ccc(N2CCN(c3nccc(C(N)=O)n3)CC2)c(F)c1. The van der Waals surface area contributed by atoms with Gasteiger partial charge < -0.3 is 20.6 Å². The van der Waals surface area contributed by atoms with Gasteiger partial charge in [0, 0.05) is 32.4 Å². The van der Waals surface area contributed by atoms with E-state index in [1.165, 1.54) is 18.3 Å². The topological polar surface area (TPSA) is 95.6 Å². The number of hydrogen-bond donors (Lipinski definition) is 2. The average molecular weight is 359 g/mol. The normalized spacial score (nSPS) is 15.2. The van der Waals surface area contributed by atoms with Crippen LogP contribution >= 0.6 is 0 Å². The molecule has 3 N–H and O–H groups in total. The van der Waals surface area contributed by atoms with Crippen LogP contribution in [0.15, 0.2) is 30.5 Å². The molecule has 7 nitrogen and oxygen atoms in total. The van der Waals surface area contributed by atoms with E-state index < -0.39 is 11.5 Å². The van der Waals surface area contributed by atoms with Crippen LogP contribution in [0.4, 0.5) is 16.0 Å². The van der Waals surface area contributed by atoms with E-state index >= 15 is 0 Å². The summed E-state index contributed by atoms with van der Waals surface area (Å²) in [6, 6.07) is 6.29. The van der Waals surface area contributed by atoms with E-state index in [-0.39, 0.29) is 11.5 Å². The fourth-order valence-corrected chi connectivity index (χ4v) is 2.93. The number of aliphatic hydroxyl groups is 1. The van der Waals surface area contributed by atoms with Gasteiger partial charge in [0.05, 0.1) is 11.3 Å². The highest BCUT2D eigenvalue weighted by Crippen LogP contribution is 2.27. The van der Waals surface area contributed by atoms with Crippen molar-refractivity contribution in [2.75, 3.05) is 36.0 Å². The van der Waals surface area contributed by atoms with Crippen LogP contribution < -0.4 is 15.5 Å². The number of piperazine rings is 1. The van der Waals surface area contributed by atoms with Gasteiger partial charge in [-0.1, -0.05) is 6.07 Å². The van der Waals surface area contributed by atoms with Gasteiger partial charge in [-0.2, -0.15) is 0 Å². The molecule has 26 heavy (non-hydrogen) atoms. The van der Waals surface area contributed by atoms with Gasteiger partial charge in [0.2, 0.25) is 5.95 Å². The third-order valence-corrected chi connectivity index (χ3v) is 4.45. The van der Waals surface area contributed by atoms with Gasteiger partial charge in [-0.25, -0.2) is 14.4 Å². The Balaban J connectivity index is 1.71. The number of nitrogens with zero attached hydrogens (tertiary/aromatic N) is 4. The van der Waals surface area contributed by atoms with E-state index in [0.717, 1.165) is 0 Å². The predicted molar refractivity (Wildman–Crippen MR) is 96.6 cm³/mol. The third-order valence-electron chi connectivity index (χ3n) is 4.45. The molecule has 8 heteroatoms. The number of carbonyl (C=O) groups is 1. The number of rotatable bonds is 4. The summed E-state index contributed by atoms with van der Waals surface area (Å²) < 4.78 is 14.5. The number of benzene rings is 1. The number of halogens is 1. The highest BCUT2D eigenvalue weighted by molar-refractivity contribution is 5.90. The molecule has 3 rings (SSSR count). The van der Waals surface area contributed by atoms with Crippen LogP contribution in [0.3, 0.4) is 0 Å². The van der Waals surface area contributed by atoms with Crippen molar-refractivity contribution in [2.24, 2.45) is 5.73 Å². The predicted octanol–water partition coefficient (Wildman–Crippen LogP) is 1.27. The Hall–Kier alpha value is -2.74. The van der Waals surface area contributed by atoms with E-state index in [1.807, 2.05) is 9.80 Å². The molecule has 1 saturated heterocycles. The van der Waals surface area contributed by atoms with Crippen molar-refractivity contribution < 1.29 is 14.3 Å². The highest BCUT2D eigenvalue weighted by Gasteiger charge is 2.23. The number of carbonyl (C=O) groups excluding carboxylic acids is 1. The molecule has 1 aromatic carbocycles. The maximum absolute atomic E-state index is 14.5. The Labute approximate surface area is 151 Å². The van der Waals surface area contributed by atoms with E-state index in [1.54, 1.807) is 26.0 Å². The molecule has 2 heterocycles. The highest BCUT2D eigenvalue weighted by atomic mass is 19.1. The van der Waals surface area contributed by atoms with Crippen LogP contribution in [-0.4, -0.2) is 47.2 Å². The molecule has 2 aromatic rings. The van der Waals surface area contributed by atoms with E-state index in [2.05, 4.69) is 9.97 Å². The fourth-order valence-electron chi connectivity index (χ4n) is 2.93. The van der Waals surface area contributed by atoms with Crippen LogP contribution in [0.25, 0.3) is 0 Å². The standard InChI is InChI=1S/C18H22FN5O2/c1-18(2,26)12-3-4-15(13(19)11-12)23-7-9-24(10-8-23)17-21-6-5-14(22-17)16(20)25/h3-6,11,26H,7-10H2,1-2H3,(H2,20,25). The third kappa shape index (κ3) is 3.75. The summed E-state index contributed by atoms with van der Waals surface area (Å²) in [5.74, 6) is -0.509. The molecule has 0 bridgehead atoms. The second kappa shape index (κ2) is 6.87. The Bertz CT molecular complexity index is 813. The molecule has 0 saturated carbocycles. The first-order valence-corrected chi connectivity index (χ1v) is 8.41. The molecule has 1 aliphatic heterocycles. The smallest absolute Gasteiger partial charge is 0.267 e. The minimum Gasteiger partial charge on any atom is -0.386 e. The number of amides is 1. The number of aromatic nitrogens is 2. The van der Waals surface area contributed by atoms with E-state index in [4.69, 9.17) is 5.73 Å². The molecular weight excluding hydrogens is 337 g/mol. The molecule has 138 valence electrons. The lowest BCUT2D eigenvalue weighted by molar-refractivity contribution is 0.0782. The maximum atomic E-state index is 14.5.